The topological polar surface area (TPSA) is 38.3 Å². The summed E-state index contributed by atoms with van der Waals surface area (Å²) in [5.74, 6) is -0.827. The van der Waals surface area contributed by atoms with Gasteiger partial charge in [-0.2, -0.15) is 0 Å². The molecule has 1 atom stereocenters. The van der Waals surface area contributed by atoms with Crippen LogP contribution in [0.2, 0.25) is 5.02 Å². The second-order valence-electron chi connectivity index (χ2n) is 4.41. The molecule has 1 heterocycles. The Labute approximate surface area is 121 Å². The highest BCUT2D eigenvalue weighted by Crippen LogP contribution is 2.33. The van der Waals surface area contributed by atoms with Crippen LogP contribution in [0, 0.1) is 5.82 Å². The van der Waals surface area contributed by atoms with Crippen molar-refractivity contribution in [2.75, 3.05) is 19.1 Å². The maximum Gasteiger partial charge on any atom is 0.235 e. The average molecular weight is 306 g/mol. The monoisotopic (exact) mass is 305 g/mol. The zero-order valence-electron chi connectivity index (χ0n) is 10.2. The molecule has 1 amide bonds. The molecule has 0 saturated carbocycles. The molecule has 19 heavy (non-hydrogen) atoms. The molecule has 104 valence electrons. The van der Waals surface area contributed by atoms with Crippen molar-refractivity contribution in [2.45, 2.75) is 18.9 Å². The van der Waals surface area contributed by atoms with Crippen LogP contribution in [0.1, 0.15) is 23.5 Å². The molecule has 0 bridgehead atoms. The molecule has 1 aliphatic rings. The van der Waals surface area contributed by atoms with Crippen LogP contribution in [0.5, 0.6) is 0 Å². The molecule has 3 nitrogen and oxygen atoms in total. The standard InChI is InChI=1S/C13H14Cl2FNO2/c14-5-11(18)17-6-8-1-2-10(12(15)13(8)16)9-3-4-19-7-9/h1-2,9H,3-7H2,(H,17,18). The molecule has 0 aliphatic carbocycles. The van der Waals surface area contributed by atoms with Gasteiger partial charge in [0.05, 0.1) is 11.6 Å². The fraction of sp³-hybridized carbons (Fsp3) is 0.462. The summed E-state index contributed by atoms with van der Waals surface area (Å²) < 4.78 is 19.4. The maximum absolute atomic E-state index is 14.1. The number of amides is 1. The van der Waals surface area contributed by atoms with Gasteiger partial charge in [0.1, 0.15) is 11.7 Å². The van der Waals surface area contributed by atoms with Gasteiger partial charge in [0.25, 0.3) is 0 Å². The van der Waals surface area contributed by atoms with Gasteiger partial charge >= 0.3 is 0 Å². The zero-order chi connectivity index (χ0) is 13.8. The number of carbonyl (C=O) groups excluding carboxylic acids is 1. The summed E-state index contributed by atoms with van der Waals surface area (Å²) in [6.45, 7) is 1.33. The molecule has 1 N–H and O–H groups in total. The van der Waals surface area contributed by atoms with Crippen LogP contribution in [-0.2, 0) is 16.1 Å². The highest BCUT2D eigenvalue weighted by Gasteiger charge is 2.23. The third-order valence-electron chi connectivity index (χ3n) is 3.16. The number of hydrogen-bond acceptors (Lipinski definition) is 2. The van der Waals surface area contributed by atoms with Gasteiger partial charge in [-0.05, 0) is 12.0 Å². The molecule has 1 aromatic rings. The van der Waals surface area contributed by atoms with Crippen molar-refractivity contribution in [3.05, 3.63) is 34.1 Å². The van der Waals surface area contributed by atoms with Crippen LogP contribution in [-0.4, -0.2) is 25.0 Å². The normalized spacial score (nSPS) is 18.6. The van der Waals surface area contributed by atoms with Gasteiger partial charge in [-0.3, -0.25) is 4.79 Å². The summed E-state index contributed by atoms with van der Waals surface area (Å²) >= 11 is 11.4. The fourth-order valence-corrected chi connectivity index (χ4v) is 2.51. The first-order valence-corrected chi connectivity index (χ1v) is 6.92. The van der Waals surface area contributed by atoms with Crippen molar-refractivity contribution in [1.82, 2.24) is 5.32 Å². The fourth-order valence-electron chi connectivity index (χ4n) is 2.08. The Morgan fingerprint density at radius 3 is 2.95 bits per heavy atom. The Kier molecular flexibility index (Phi) is 5.02. The van der Waals surface area contributed by atoms with E-state index in [0.717, 1.165) is 12.0 Å². The van der Waals surface area contributed by atoms with Gasteiger partial charge < -0.3 is 10.1 Å². The largest absolute Gasteiger partial charge is 0.381 e. The van der Waals surface area contributed by atoms with E-state index in [-0.39, 0.29) is 29.3 Å². The minimum atomic E-state index is -0.485. The van der Waals surface area contributed by atoms with E-state index in [1.54, 1.807) is 12.1 Å². The van der Waals surface area contributed by atoms with Gasteiger partial charge in [0.15, 0.2) is 0 Å². The van der Waals surface area contributed by atoms with E-state index < -0.39 is 5.82 Å². The Balaban J connectivity index is 2.14. The van der Waals surface area contributed by atoms with Gasteiger partial charge in [-0.1, -0.05) is 23.7 Å². The van der Waals surface area contributed by atoms with Crippen molar-refractivity contribution < 1.29 is 13.9 Å². The lowest BCUT2D eigenvalue weighted by atomic mass is 9.97. The third kappa shape index (κ3) is 3.38. The first-order chi connectivity index (χ1) is 9.13. The third-order valence-corrected chi connectivity index (χ3v) is 3.79. The van der Waals surface area contributed by atoms with Crippen LogP contribution in [0.15, 0.2) is 12.1 Å². The number of ether oxygens (including phenoxy) is 1. The first-order valence-electron chi connectivity index (χ1n) is 6.00. The molecule has 2 rings (SSSR count). The summed E-state index contributed by atoms with van der Waals surface area (Å²) in [5, 5.41) is 2.63. The second-order valence-corrected chi connectivity index (χ2v) is 5.06. The van der Waals surface area contributed by atoms with Crippen molar-refractivity contribution in [1.29, 1.82) is 0 Å². The zero-order valence-corrected chi connectivity index (χ0v) is 11.7. The molecule has 1 aromatic carbocycles. The number of halogens is 3. The van der Waals surface area contributed by atoms with Crippen molar-refractivity contribution in [3.63, 3.8) is 0 Å². The van der Waals surface area contributed by atoms with E-state index in [1.165, 1.54) is 0 Å². The lowest BCUT2D eigenvalue weighted by Crippen LogP contribution is -2.24. The van der Waals surface area contributed by atoms with E-state index in [0.29, 0.717) is 18.8 Å². The molecule has 1 saturated heterocycles. The summed E-state index contributed by atoms with van der Waals surface area (Å²) in [5.41, 5.74) is 1.12. The molecule has 1 fully saturated rings. The molecule has 6 heteroatoms. The Morgan fingerprint density at radius 1 is 1.53 bits per heavy atom. The van der Waals surface area contributed by atoms with Crippen molar-refractivity contribution >= 4 is 29.1 Å². The number of carbonyl (C=O) groups is 1. The Morgan fingerprint density at radius 2 is 2.32 bits per heavy atom. The lowest BCUT2D eigenvalue weighted by molar-refractivity contribution is -0.118. The van der Waals surface area contributed by atoms with Gasteiger partial charge in [0, 0.05) is 24.6 Å². The second kappa shape index (κ2) is 6.55. The van der Waals surface area contributed by atoms with Crippen LogP contribution in [0.3, 0.4) is 0 Å². The van der Waals surface area contributed by atoms with Crippen LogP contribution < -0.4 is 5.32 Å². The molecular formula is C13H14Cl2FNO2. The number of alkyl halides is 1. The summed E-state index contributed by atoms with van der Waals surface area (Å²) in [6.07, 6.45) is 0.849. The quantitative estimate of drug-likeness (QED) is 0.869. The van der Waals surface area contributed by atoms with Crippen LogP contribution in [0.4, 0.5) is 4.39 Å². The number of nitrogens with one attached hydrogen (secondary N) is 1. The average Bonchev–Trinajstić information content (AvgIpc) is 2.94. The minimum Gasteiger partial charge on any atom is -0.381 e. The molecule has 0 aromatic heterocycles. The predicted octanol–water partition coefficient (Wildman–Crippen LogP) is 2.84. The number of rotatable bonds is 4. The SMILES string of the molecule is O=C(CCl)NCc1ccc(C2CCOC2)c(Cl)c1F. The van der Waals surface area contributed by atoms with Crippen LogP contribution in [0.25, 0.3) is 0 Å². The summed E-state index contributed by atoms with van der Waals surface area (Å²) in [6, 6.07) is 3.44. The van der Waals surface area contributed by atoms with E-state index in [9.17, 15) is 9.18 Å². The Hall–Kier alpha value is -0.840. The smallest absolute Gasteiger partial charge is 0.235 e. The summed E-state index contributed by atoms with van der Waals surface area (Å²) in [4.78, 5) is 11.0. The van der Waals surface area contributed by atoms with Crippen molar-refractivity contribution in [3.8, 4) is 0 Å². The lowest BCUT2D eigenvalue weighted by Gasteiger charge is -2.13. The molecular weight excluding hydrogens is 292 g/mol. The minimum absolute atomic E-state index is 0.0819. The molecule has 1 aliphatic heterocycles. The summed E-state index contributed by atoms with van der Waals surface area (Å²) in [7, 11) is 0. The van der Waals surface area contributed by atoms with E-state index >= 15 is 0 Å². The van der Waals surface area contributed by atoms with E-state index in [4.69, 9.17) is 27.9 Å². The highest BCUT2D eigenvalue weighted by molar-refractivity contribution is 6.31. The molecule has 0 spiro atoms. The maximum atomic E-state index is 14.1. The molecule has 1 unspecified atom stereocenters. The Bertz CT molecular complexity index is 476. The van der Waals surface area contributed by atoms with Crippen molar-refractivity contribution in [2.24, 2.45) is 0 Å². The van der Waals surface area contributed by atoms with E-state index in [1.807, 2.05) is 0 Å². The van der Waals surface area contributed by atoms with Crippen LogP contribution >= 0.6 is 23.2 Å². The highest BCUT2D eigenvalue weighted by atomic mass is 35.5. The first kappa shape index (κ1) is 14.6. The number of benzene rings is 1. The molecule has 0 radical (unpaired) electrons. The predicted molar refractivity (Wildman–Crippen MR) is 72.2 cm³/mol. The number of hydrogen-bond donors (Lipinski definition) is 1. The van der Waals surface area contributed by atoms with Gasteiger partial charge in [-0.15, -0.1) is 11.6 Å². The van der Waals surface area contributed by atoms with Gasteiger partial charge in [0.2, 0.25) is 5.91 Å². The van der Waals surface area contributed by atoms with Gasteiger partial charge in [-0.25, -0.2) is 4.39 Å². The van der Waals surface area contributed by atoms with E-state index in [2.05, 4.69) is 5.32 Å².